The summed E-state index contributed by atoms with van der Waals surface area (Å²) in [4.78, 5) is 12.6. The normalized spacial score (nSPS) is 10.6. The number of benzene rings is 3. The molecular weight excluding hydrogens is 248 g/mol. The second-order valence-electron chi connectivity index (χ2n) is 4.70. The molecule has 0 aliphatic heterocycles. The third kappa shape index (κ3) is 1.99. The Morgan fingerprint density at radius 1 is 0.750 bits per heavy atom. The summed E-state index contributed by atoms with van der Waals surface area (Å²) in [7, 11) is 0. The van der Waals surface area contributed by atoms with E-state index in [9.17, 15) is 4.79 Å². The van der Waals surface area contributed by atoms with Gasteiger partial charge in [0.15, 0.2) is 5.78 Å². The number of rotatable bonds is 2. The van der Waals surface area contributed by atoms with Gasteiger partial charge >= 0.3 is 0 Å². The molecule has 3 aromatic carbocycles. The molecule has 3 aromatic rings. The van der Waals surface area contributed by atoms with Crippen LogP contribution in [0.25, 0.3) is 10.8 Å². The van der Waals surface area contributed by atoms with Crippen molar-refractivity contribution in [1.29, 1.82) is 0 Å². The molecule has 4 N–H and O–H groups in total. The zero-order valence-electron chi connectivity index (χ0n) is 10.8. The average molecular weight is 262 g/mol. The van der Waals surface area contributed by atoms with Gasteiger partial charge in [0.2, 0.25) is 0 Å². The highest BCUT2D eigenvalue weighted by Gasteiger charge is 2.13. The van der Waals surface area contributed by atoms with Crippen molar-refractivity contribution in [2.24, 2.45) is 0 Å². The molecule has 0 aromatic heterocycles. The van der Waals surface area contributed by atoms with Gasteiger partial charge < -0.3 is 11.5 Å². The SMILES string of the molecule is Nc1ccc(C(=O)c2ccc(N)c3ccccc23)cc1. The van der Waals surface area contributed by atoms with Crippen molar-refractivity contribution < 1.29 is 4.79 Å². The number of ketones is 1. The van der Waals surface area contributed by atoms with Crippen LogP contribution >= 0.6 is 0 Å². The van der Waals surface area contributed by atoms with E-state index in [0.29, 0.717) is 22.5 Å². The largest absolute Gasteiger partial charge is 0.399 e. The lowest BCUT2D eigenvalue weighted by atomic mass is 9.96. The number of hydrogen-bond donors (Lipinski definition) is 2. The topological polar surface area (TPSA) is 69.1 Å². The zero-order chi connectivity index (χ0) is 14.1. The molecule has 0 radical (unpaired) electrons. The van der Waals surface area contributed by atoms with Crippen LogP contribution in [-0.4, -0.2) is 5.78 Å². The van der Waals surface area contributed by atoms with Gasteiger partial charge in [0, 0.05) is 27.9 Å². The Morgan fingerprint density at radius 2 is 1.40 bits per heavy atom. The van der Waals surface area contributed by atoms with Crippen LogP contribution in [-0.2, 0) is 0 Å². The standard InChI is InChI=1S/C17H14N2O/c18-12-7-5-11(6-8-12)17(20)15-9-10-16(19)14-4-2-1-3-13(14)15/h1-10H,18-19H2. The van der Waals surface area contributed by atoms with Crippen molar-refractivity contribution in [1.82, 2.24) is 0 Å². The van der Waals surface area contributed by atoms with Crippen molar-refractivity contribution in [3.05, 3.63) is 71.8 Å². The maximum atomic E-state index is 12.6. The molecule has 0 saturated heterocycles. The van der Waals surface area contributed by atoms with Gasteiger partial charge in [-0.05, 0) is 41.8 Å². The number of nitrogen functional groups attached to an aromatic ring is 2. The lowest BCUT2D eigenvalue weighted by Gasteiger charge is -2.08. The van der Waals surface area contributed by atoms with E-state index in [1.54, 1.807) is 36.4 Å². The predicted octanol–water partition coefficient (Wildman–Crippen LogP) is 3.24. The summed E-state index contributed by atoms with van der Waals surface area (Å²) in [6.45, 7) is 0. The minimum Gasteiger partial charge on any atom is -0.399 e. The van der Waals surface area contributed by atoms with Crippen molar-refractivity contribution in [3.63, 3.8) is 0 Å². The molecule has 0 heterocycles. The number of carbonyl (C=O) groups excluding carboxylic acids is 1. The van der Waals surface area contributed by atoms with Crippen LogP contribution in [0.4, 0.5) is 11.4 Å². The Balaban J connectivity index is 2.17. The van der Waals surface area contributed by atoms with Crippen molar-refractivity contribution in [2.75, 3.05) is 11.5 Å². The van der Waals surface area contributed by atoms with Crippen LogP contribution in [0, 0.1) is 0 Å². The third-order valence-corrected chi connectivity index (χ3v) is 3.38. The molecule has 3 nitrogen and oxygen atoms in total. The third-order valence-electron chi connectivity index (χ3n) is 3.38. The first-order chi connectivity index (χ1) is 9.66. The van der Waals surface area contributed by atoms with E-state index in [2.05, 4.69) is 0 Å². The lowest BCUT2D eigenvalue weighted by molar-refractivity contribution is 0.104. The van der Waals surface area contributed by atoms with E-state index in [4.69, 9.17) is 11.5 Å². The molecule has 0 unspecified atom stereocenters. The maximum Gasteiger partial charge on any atom is 0.193 e. The molecule has 0 atom stereocenters. The van der Waals surface area contributed by atoms with E-state index in [1.807, 2.05) is 24.3 Å². The van der Waals surface area contributed by atoms with Gasteiger partial charge in [0.25, 0.3) is 0 Å². The second kappa shape index (κ2) is 4.70. The highest BCUT2D eigenvalue weighted by Crippen LogP contribution is 2.26. The van der Waals surface area contributed by atoms with Gasteiger partial charge in [0.1, 0.15) is 0 Å². The van der Waals surface area contributed by atoms with Crippen LogP contribution in [0.2, 0.25) is 0 Å². The molecular formula is C17H14N2O. The highest BCUT2D eigenvalue weighted by atomic mass is 16.1. The van der Waals surface area contributed by atoms with Gasteiger partial charge in [-0.1, -0.05) is 24.3 Å². The Bertz CT molecular complexity index is 792. The van der Waals surface area contributed by atoms with Gasteiger partial charge in [-0.3, -0.25) is 4.79 Å². The summed E-state index contributed by atoms with van der Waals surface area (Å²) >= 11 is 0. The Kier molecular flexibility index (Phi) is 2.88. The summed E-state index contributed by atoms with van der Waals surface area (Å²) in [6.07, 6.45) is 0. The van der Waals surface area contributed by atoms with Gasteiger partial charge in [-0.15, -0.1) is 0 Å². The number of hydrogen-bond acceptors (Lipinski definition) is 3. The minimum atomic E-state index is -0.0267. The van der Waals surface area contributed by atoms with E-state index in [-0.39, 0.29) is 5.78 Å². The smallest absolute Gasteiger partial charge is 0.193 e. The van der Waals surface area contributed by atoms with Crippen LogP contribution in [0.1, 0.15) is 15.9 Å². The second-order valence-corrected chi connectivity index (χ2v) is 4.70. The molecule has 0 saturated carbocycles. The maximum absolute atomic E-state index is 12.6. The van der Waals surface area contributed by atoms with E-state index < -0.39 is 0 Å². The monoisotopic (exact) mass is 262 g/mol. The molecule has 20 heavy (non-hydrogen) atoms. The lowest BCUT2D eigenvalue weighted by Crippen LogP contribution is -2.03. The van der Waals surface area contributed by atoms with Crippen molar-refractivity contribution in [3.8, 4) is 0 Å². The first kappa shape index (κ1) is 12.2. The van der Waals surface area contributed by atoms with Crippen LogP contribution < -0.4 is 11.5 Å². The molecule has 3 rings (SSSR count). The van der Waals surface area contributed by atoms with Gasteiger partial charge in [-0.25, -0.2) is 0 Å². The van der Waals surface area contributed by atoms with Crippen LogP contribution in [0.5, 0.6) is 0 Å². The van der Waals surface area contributed by atoms with Gasteiger partial charge in [0.05, 0.1) is 0 Å². The molecule has 0 fully saturated rings. The van der Waals surface area contributed by atoms with Crippen LogP contribution in [0.3, 0.4) is 0 Å². The number of carbonyl (C=O) groups is 1. The fourth-order valence-electron chi connectivity index (χ4n) is 2.31. The molecule has 0 spiro atoms. The summed E-state index contributed by atoms with van der Waals surface area (Å²) in [5.41, 5.74) is 14.2. The summed E-state index contributed by atoms with van der Waals surface area (Å²) in [5.74, 6) is -0.0267. The number of fused-ring (bicyclic) bond motifs is 1. The Labute approximate surface area is 116 Å². The molecule has 0 aliphatic rings. The quantitative estimate of drug-likeness (QED) is 0.550. The fourth-order valence-corrected chi connectivity index (χ4v) is 2.31. The summed E-state index contributed by atoms with van der Waals surface area (Å²) in [5, 5.41) is 1.77. The Morgan fingerprint density at radius 3 is 2.10 bits per heavy atom. The Hall–Kier alpha value is -2.81. The number of nitrogens with two attached hydrogens (primary N) is 2. The van der Waals surface area contributed by atoms with Crippen molar-refractivity contribution >= 4 is 27.9 Å². The molecule has 0 bridgehead atoms. The summed E-state index contributed by atoms with van der Waals surface area (Å²) in [6, 6.07) is 18.1. The summed E-state index contributed by atoms with van der Waals surface area (Å²) < 4.78 is 0. The molecule has 0 amide bonds. The first-order valence-electron chi connectivity index (χ1n) is 6.34. The minimum absolute atomic E-state index is 0.0267. The van der Waals surface area contributed by atoms with E-state index >= 15 is 0 Å². The number of anilines is 2. The fraction of sp³-hybridized carbons (Fsp3) is 0. The average Bonchev–Trinajstić information content (AvgIpc) is 2.48. The highest BCUT2D eigenvalue weighted by molar-refractivity contribution is 6.17. The van der Waals surface area contributed by atoms with Gasteiger partial charge in [-0.2, -0.15) is 0 Å². The van der Waals surface area contributed by atoms with Crippen molar-refractivity contribution in [2.45, 2.75) is 0 Å². The molecule has 0 aliphatic carbocycles. The van der Waals surface area contributed by atoms with E-state index in [1.165, 1.54) is 0 Å². The molecule has 98 valence electrons. The zero-order valence-corrected chi connectivity index (χ0v) is 10.8. The molecule has 3 heteroatoms. The van der Waals surface area contributed by atoms with Crippen LogP contribution in [0.15, 0.2) is 60.7 Å². The predicted molar refractivity (Wildman–Crippen MR) is 82.6 cm³/mol. The van der Waals surface area contributed by atoms with E-state index in [0.717, 1.165) is 10.8 Å². The first-order valence-corrected chi connectivity index (χ1v) is 6.34.